The molecule has 0 saturated heterocycles. The highest BCUT2D eigenvalue weighted by atomic mass is 35.5. The Labute approximate surface area is 154 Å². The van der Waals surface area contributed by atoms with Gasteiger partial charge in [0, 0.05) is 10.6 Å². The Morgan fingerprint density at radius 3 is 2.32 bits per heavy atom. The smallest absolute Gasteiger partial charge is 0.180 e. The lowest BCUT2D eigenvalue weighted by Gasteiger charge is -2.11. The summed E-state index contributed by atoms with van der Waals surface area (Å²) >= 11 is 12.2. The standard InChI is InChI=1S/C18H15Cl2NO4/c1-23-14-4-3-5-15(24-2)16(14)18-12(9-22)17(21-25-18)11-7-6-10(19)8-13(11)20/h3-8,22H,9H2,1-2H3. The Morgan fingerprint density at radius 1 is 1.08 bits per heavy atom. The summed E-state index contributed by atoms with van der Waals surface area (Å²) in [6.07, 6.45) is 0. The van der Waals surface area contributed by atoms with Gasteiger partial charge in [0.15, 0.2) is 5.76 Å². The number of aromatic nitrogens is 1. The molecule has 0 atom stereocenters. The second-order valence-corrected chi connectivity index (χ2v) is 6.00. The van der Waals surface area contributed by atoms with Gasteiger partial charge in [-0.05, 0) is 30.3 Å². The average molecular weight is 380 g/mol. The van der Waals surface area contributed by atoms with E-state index in [-0.39, 0.29) is 6.61 Å². The summed E-state index contributed by atoms with van der Waals surface area (Å²) in [6.45, 7) is -0.297. The van der Waals surface area contributed by atoms with Crippen LogP contribution in [0, 0.1) is 0 Å². The zero-order valence-corrected chi connectivity index (χ0v) is 15.1. The predicted molar refractivity (Wildman–Crippen MR) is 96.4 cm³/mol. The average Bonchev–Trinajstić information content (AvgIpc) is 3.04. The minimum absolute atomic E-state index is 0.297. The van der Waals surface area contributed by atoms with Crippen LogP contribution in [0.5, 0.6) is 11.5 Å². The van der Waals surface area contributed by atoms with Crippen LogP contribution in [0.25, 0.3) is 22.6 Å². The second kappa shape index (κ2) is 7.35. The topological polar surface area (TPSA) is 64.7 Å². The molecule has 0 saturated carbocycles. The van der Waals surface area contributed by atoms with Crippen molar-refractivity contribution in [3.05, 3.63) is 52.0 Å². The van der Waals surface area contributed by atoms with Gasteiger partial charge in [-0.15, -0.1) is 0 Å². The van der Waals surface area contributed by atoms with E-state index in [2.05, 4.69) is 5.16 Å². The molecule has 0 aliphatic rings. The molecular formula is C18H15Cl2NO4. The van der Waals surface area contributed by atoms with Crippen molar-refractivity contribution in [3.63, 3.8) is 0 Å². The van der Waals surface area contributed by atoms with Crippen LogP contribution in [0.15, 0.2) is 40.9 Å². The maximum Gasteiger partial charge on any atom is 0.180 e. The zero-order valence-electron chi connectivity index (χ0n) is 13.5. The Balaban J connectivity index is 2.23. The fourth-order valence-electron chi connectivity index (χ4n) is 2.62. The largest absolute Gasteiger partial charge is 0.496 e. The molecule has 25 heavy (non-hydrogen) atoms. The normalized spacial score (nSPS) is 10.8. The highest BCUT2D eigenvalue weighted by Crippen LogP contribution is 2.43. The minimum Gasteiger partial charge on any atom is -0.496 e. The number of hydrogen-bond acceptors (Lipinski definition) is 5. The Morgan fingerprint density at radius 2 is 1.76 bits per heavy atom. The van der Waals surface area contributed by atoms with Gasteiger partial charge in [-0.25, -0.2) is 0 Å². The van der Waals surface area contributed by atoms with Gasteiger partial charge >= 0.3 is 0 Å². The van der Waals surface area contributed by atoms with Crippen molar-refractivity contribution < 1.29 is 19.1 Å². The molecule has 0 fully saturated rings. The second-order valence-electron chi connectivity index (χ2n) is 5.16. The minimum atomic E-state index is -0.297. The Kier molecular flexibility index (Phi) is 5.18. The number of methoxy groups -OCH3 is 2. The first kappa shape index (κ1) is 17.6. The molecule has 130 valence electrons. The van der Waals surface area contributed by atoms with Crippen molar-refractivity contribution in [1.29, 1.82) is 0 Å². The first-order chi connectivity index (χ1) is 12.1. The van der Waals surface area contributed by atoms with Gasteiger partial charge in [0.1, 0.15) is 22.8 Å². The van der Waals surface area contributed by atoms with Gasteiger partial charge in [-0.3, -0.25) is 0 Å². The SMILES string of the molecule is COc1cccc(OC)c1-c1onc(-c2ccc(Cl)cc2Cl)c1CO. The van der Waals surface area contributed by atoms with Crippen molar-refractivity contribution in [2.45, 2.75) is 6.61 Å². The van der Waals surface area contributed by atoms with E-state index in [1.807, 2.05) is 0 Å². The Hall–Kier alpha value is -2.21. The van der Waals surface area contributed by atoms with Crippen molar-refractivity contribution in [1.82, 2.24) is 5.16 Å². The molecule has 0 bridgehead atoms. The molecule has 1 aromatic heterocycles. The number of aliphatic hydroxyl groups excluding tert-OH is 1. The van der Waals surface area contributed by atoms with Crippen LogP contribution in [0.3, 0.4) is 0 Å². The molecular weight excluding hydrogens is 365 g/mol. The van der Waals surface area contributed by atoms with Crippen molar-refractivity contribution >= 4 is 23.2 Å². The number of aliphatic hydroxyl groups is 1. The summed E-state index contributed by atoms with van der Waals surface area (Å²) in [7, 11) is 3.09. The number of benzene rings is 2. The lowest BCUT2D eigenvalue weighted by atomic mass is 10.0. The molecule has 0 radical (unpaired) electrons. The summed E-state index contributed by atoms with van der Waals surface area (Å²) in [5.41, 5.74) is 2.10. The maximum absolute atomic E-state index is 9.93. The summed E-state index contributed by atoms with van der Waals surface area (Å²) in [4.78, 5) is 0. The molecule has 0 spiro atoms. The molecule has 0 amide bonds. The summed E-state index contributed by atoms with van der Waals surface area (Å²) in [5, 5.41) is 15.0. The highest BCUT2D eigenvalue weighted by Gasteiger charge is 2.25. The molecule has 1 heterocycles. The fourth-order valence-corrected chi connectivity index (χ4v) is 3.12. The van der Waals surface area contributed by atoms with E-state index in [1.165, 1.54) is 0 Å². The number of hydrogen-bond donors (Lipinski definition) is 1. The summed E-state index contributed by atoms with van der Waals surface area (Å²) in [6, 6.07) is 10.4. The molecule has 0 unspecified atom stereocenters. The first-order valence-corrected chi connectivity index (χ1v) is 8.12. The molecule has 3 rings (SSSR count). The molecule has 5 nitrogen and oxygen atoms in total. The van der Waals surface area contributed by atoms with Crippen LogP contribution in [0.1, 0.15) is 5.56 Å². The number of nitrogens with zero attached hydrogens (tertiary/aromatic N) is 1. The first-order valence-electron chi connectivity index (χ1n) is 7.36. The lowest BCUT2D eigenvalue weighted by molar-refractivity contribution is 0.281. The van der Waals surface area contributed by atoms with E-state index in [9.17, 15) is 5.11 Å². The maximum atomic E-state index is 9.93. The van der Waals surface area contributed by atoms with Gasteiger partial charge in [0.2, 0.25) is 0 Å². The van der Waals surface area contributed by atoms with Crippen molar-refractivity contribution in [3.8, 4) is 34.1 Å². The summed E-state index contributed by atoms with van der Waals surface area (Å²) in [5.74, 6) is 1.44. The molecule has 0 aliphatic heterocycles. The number of rotatable bonds is 5. The van der Waals surface area contributed by atoms with Gasteiger partial charge in [0.25, 0.3) is 0 Å². The third-order valence-corrected chi connectivity index (χ3v) is 4.34. The van der Waals surface area contributed by atoms with Crippen LogP contribution in [0.2, 0.25) is 10.0 Å². The van der Waals surface area contributed by atoms with E-state index in [0.29, 0.717) is 49.7 Å². The summed E-state index contributed by atoms with van der Waals surface area (Å²) < 4.78 is 16.3. The molecule has 0 aliphatic carbocycles. The van der Waals surface area contributed by atoms with Crippen LogP contribution in [0.4, 0.5) is 0 Å². The van der Waals surface area contributed by atoms with Gasteiger partial charge in [-0.2, -0.15) is 0 Å². The van der Waals surface area contributed by atoms with Crippen LogP contribution in [-0.2, 0) is 6.61 Å². The number of halogens is 2. The van der Waals surface area contributed by atoms with E-state index >= 15 is 0 Å². The third kappa shape index (κ3) is 3.18. The Bertz CT molecular complexity index is 886. The molecule has 1 N–H and O–H groups in total. The predicted octanol–water partition coefficient (Wildman–Crippen LogP) is 4.82. The van der Waals surface area contributed by atoms with Gasteiger partial charge < -0.3 is 19.1 Å². The van der Waals surface area contributed by atoms with Crippen LogP contribution < -0.4 is 9.47 Å². The van der Waals surface area contributed by atoms with Crippen LogP contribution >= 0.6 is 23.2 Å². The van der Waals surface area contributed by atoms with E-state index in [1.54, 1.807) is 50.6 Å². The van der Waals surface area contributed by atoms with Gasteiger partial charge in [0.05, 0.1) is 31.4 Å². The van der Waals surface area contributed by atoms with Crippen LogP contribution in [-0.4, -0.2) is 24.5 Å². The molecule has 2 aromatic carbocycles. The van der Waals surface area contributed by atoms with Crippen molar-refractivity contribution in [2.24, 2.45) is 0 Å². The fraction of sp³-hybridized carbons (Fsp3) is 0.167. The number of ether oxygens (including phenoxy) is 2. The quantitative estimate of drug-likeness (QED) is 0.687. The molecule has 7 heteroatoms. The van der Waals surface area contributed by atoms with E-state index in [4.69, 9.17) is 37.2 Å². The van der Waals surface area contributed by atoms with Crippen molar-refractivity contribution in [2.75, 3.05) is 14.2 Å². The van der Waals surface area contributed by atoms with Gasteiger partial charge in [-0.1, -0.05) is 34.4 Å². The molecule has 3 aromatic rings. The monoisotopic (exact) mass is 379 g/mol. The lowest BCUT2D eigenvalue weighted by Crippen LogP contribution is -1.95. The highest BCUT2D eigenvalue weighted by molar-refractivity contribution is 6.36. The third-order valence-electron chi connectivity index (χ3n) is 3.79. The van der Waals surface area contributed by atoms with E-state index < -0.39 is 0 Å². The zero-order chi connectivity index (χ0) is 18.0. The van der Waals surface area contributed by atoms with E-state index in [0.717, 1.165) is 0 Å².